The van der Waals surface area contributed by atoms with Crippen molar-refractivity contribution in [1.82, 2.24) is 9.97 Å². The molecule has 0 aliphatic carbocycles. The SMILES string of the molecule is O=c1cc(O)nc(-c2cccc(C(F)F)c2)[nH]1. The summed E-state index contributed by atoms with van der Waals surface area (Å²) in [5.41, 5.74) is -0.403. The van der Waals surface area contributed by atoms with Gasteiger partial charge in [-0.05, 0) is 6.07 Å². The van der Waals surface area contributed by atoms with E-state index in [1.54, 1.807) is 0 Å². The molecule has 2 rings (SSSR count). The molecule has 0 saturated carbocycles. The van der Waals surface area contributed by atoms with Crippen LogP contribution in [-0.4, -0.2) is 15.1 Å². The van der Waals surface area contributed by atoms with E-state index in [1.807, 2.05) is 0 Å². The Morgan fingerprint density at radius 2 is 2.06 bits per heavy atom. The normalized spacial score (nSPS) is 10.8. The average molecular weight is 238 g/mol. The first-order valence-electron chi connectivity index (χ1n) is 4.75. The van der Waals surface area contributed by atoms with Gasteiger partial charge in [0.1, 0.15) is 5.82 Å². The van der Waals surface area contributed by atoms with Gasteiger partial charge >= 0.3 is 0 Å². The number of aromatic amines is 1. The van der Waals surface area contributed by atoms with Crippen LogP contribution < -0.4 is 5.56 Å². The summed E-state index contributed by atoms with van der Waals surface area (Å²) < 4.78 is 25.0. The molecule has 6 heteroatoms. The zero-order chi connectivity index (χ0) is 12.4. The molecule has 2 N–H and O–H groups in total. The van der Waals surface area contributed by atoms with Crippen molar-refractivity contribution in [1.29, 1.82) is 0 Å². The molecule has 0 atom stereocenters. The van der Waals surface area contributed by atoms with E-state index in [0.717, 1.165) is 6.07 Å². The molecule has 0 amide bonds. The second-order valence-electron chi connectivity index (χ2n) is 3.38. The maximum Gasteiger partial charge on any atom is 0.263 e. The van der Waals surface area contributed by atoms with Gasteiger partial charge in [0, 0.05) is 11.1 Å². The first-order valence-corrected chi connectivity index (χ1v) is 4.75. The molecule has 0 spiro atoms. The van der Waals surface area contributed by atoms with Crippen LogP contribution in [0.3, 0.4) is 0 Å². The van der Waals surface area contributed by atoms with Crippen LogP contribution >= 0.6 is 0 Å². The molecular weight excluding hydrogens is 230 g/mol. The molecule has 0 bridgehead atoms. The van der Waals surface area contributed by atoms with E-state index >= 15 is 0 Å². The fraction of sp³-hybridized carbons (Fsp3) is 0.0909. The molecule has 1 heterocycles. The lowest BCUT2D eigenvalue weighted by Gasteiger charge is -2.04. The Hall–Kier alpha value is -2.24. The number of hydrogen-bond donors (Lipinski definition) is 2. The highest BCUT2D eigenvalue weighted by molar-refractivity contribution is 5.56. The zero-order valence-corrected chi connectivity index (χ0v) is 8.52. The van der Waals surface area contributed by atoms with Crippen LogP contribution in [0.15, 0.2) is 35.1 Å². The summed E-state index contributed by atoms with van der Waals surface area (Å²) in [6, 6.07) is 6.34. The molecule has 0 unspecified atom stereocenters. The number of benzene rings is 1. The van der Waals surface area contributed by atoms with Crippen molar-refractivity contribution >= 4 is 0 Å². The second-order valence-corrected chi connectivity index (χ2v) is 3.38. The summed E-state index contributed by atoms with van der Waals surface area (Å²) in [7, 11) is 0. The van der Waals surface area contributed by atoms with Crippen LogP contribution in [0.4, 0.5) is 8.78 Å². The Labute approximate surface area is 94.6 Å². The van der Waals surface area contributed by atoms with E-state index in [4.69, 9.17) is 5.11 Å². The van der Waals surface area contributed by atoms with Crippen molar-refractivity contribution < 1.29 is 13.9 Å². The van der Waals surface area contributed by atoms with Gasteiger partial charge in [0.2, 0.25) is 5.88 Å². The molecule has 0 aliphatic heterocycles. The Morgan fingerprint density at radius 3 is 2.71 bits per heavy atom. The highest BCUT2D eigenvalue weighted by Gasteiger charge is 2.09. The summed E-state index contributed by atoms with van der Waals surface area (Å²) in [6.07, 6.45) is -2.60. The highest BCUT2D eigenvalue weighted by atomic mass is 19.3. The molecule has 1 aromatic carbocycles. The Bertz CT molecular complexity index is 596. The number of halogens is 2. The van der Waals surface area contributed by atoms with Crippen LogP contribution in [0.2, 0.25) is 0 Å². The van der Waals surface area contributed by atoms with Crippen molar-refractivity contribution in [2.24, 2.45) is 0 Å². The molecule has 4 nitrogen and oxygen atoms in total. The maximum absolute atomic E-state index is 12.5. The number of aromatic nitrogens is 2. The minimum atomic E-state index is -2.60. The minimum Gasteiger partial charge on any atom is -0.493 e. The minimum absolute atomic E-state index is 0.0532. The van der Waals surface area contributed by atoms with Crippen LogP contribution in [0.1, 0.15) is 12.0 Å². The maximum atomic E-state index is 12.5. The van der Waals surface area contributed by atoms with E-state index in [1.165, 1.54) is 24.3 Å². The van der Waals surface area contributed by atoms with Crippen LogP contribution in [0.25, 0.3) is 11.4 Å². The van der Waals surface area contributed by atoms with Gasteiger partial charge in [0.25, 0.3) is 12.0 Å². The lowest BCUT2D eigenvalue weighted by Crippen LogP contribution is -2.06. The average Bonchev–Trinajstić information content (AvgIpc) is 2.28. The van der Waals surface area contributed by atoms with Crippen molar-refractivity contribution in [2.75, 3.05) is 0 Å². The summed E-state index contributed by atoms with van der Waals surface area (Å²) in [5.74, 6) is -0.399. The molecule has 0 saturated heterocycles. The quantitative estimate of drug-likeness (QED) is 0.841. The number of H-pyrrole nitrogens is 1. The van der Waals surface area contributed by atoms with Gasteiger partial charge in [0.15, 0.2) is 0 Å². The van der Waals surface area contributed by atoms with Crippen LogP contribution in [-0.2, 0) is 0 Å². The van der Waals surface area contributed by atoms with Crippen molar-refractivity contribution in [3.63, 3.8) is 0 Å². The largest absolute Gasteiger partial charge is 0.493 e. The van der Waals surface area contributed by atoms with Gasteiger partial charge in [-0.25, -0.2) is 8.78 Å². The number of nitrogens with zero attached hydrogens (tertiary/aromatic N) is 1. The molecule has 0 aliphatic rings. The van der Waals surface area contributed by atoms with E-state index in [-0.39, 0.29) is 11.4 Å². The molecular formula is C11H8F2N2O2. The zero-order valence-electron chi connectivity index (χ0n) is 8.52. The lowest BCUT2D eigenvalue weighted by molar-refractivity contribution is 0.151. The molecule has 2 aromatic rings. The van der Waals surface area contributed by atoms with Gasteiger partial charge in [-0.2, -0.15) is 4.98 Å². The third kappa shape index (κ3) is 2.47. The van der Waals surface area contributed by atoms with E-state index in [0.29, 0.717) is 5.56 Å². The summed E-state index contributed by atoms with van der Waals surface area (Å²) in [6.45, 7) is 0. The van der Waals surface area contributed by atoms with E-state index in [9.17, 15) is 13.6 Å². The Kier molecular flexibility index (Phi) is 2.86. The fourth-order valence-electron chi connectivity index (χ4n) is 1.40. The van der Waals surface area contributed by atoms with Crippen LogP contribution in [0.5, 0.6) is 5.88 Å². The topological polar surface area (TPSA) is 66.0 Å². The molecule has 1 aromatic heterocycles. The third-order valence-electron chi connectivity index (χ3n) is 2.14. The standard InChI is InChI=1S/C11H8F2N2O2/c12-10(13)6-2-1-3-7(4-6)11-14-8(16)5-9(17)15-11/h1-5,10H,(H2,14,15,16,17). The van der Waals surface area contributed by atoms with Gasteiger partial charge in [-0.3, -0.25) is 4.79 Å². The molecule has 88 valence electrons. The summed E-state index contributed by atoms with van der Waals surface area (Å²) in [4.78, 5) is 17.1. The second kappa shape index (κ2) is 4.32. The predicted octanol–water partition coefficient (Wildman–Crippen LogP) is 2.08. The van der Waals surface area contributed by atoms with Gasteiger partial charge in [-0.15, -0.1) is 0 Å². The number of rotatable bonds is 2. The first-order chi connectivity index (χ1) is 8.06. The lowest BCUT2D eigenvalue weighted by atomic mass is 10.1. The summed E-state index contributed by atoms with van der Waals surface area (Å²) >= 11 is 0. The molecule has 17 heavy (non-hydrogen) atoms. The fourth-order valence-corrected chi connectivity index (χ4v) is 1.40. The highest BCUT2D eigenvalue weighted by Crippen LogP contribution is 2.23. The van der Waals surface area contributed by atoms with Crippen molar-refractivity contribution in [3.05, 3.63) is 46.2 Å². The van der Waals surface area contributed by atoms with Crippen LogP contribution in [0, 0.1) is 0 Å². The molecule has 0 fully saturated rings. The van der Waals surface area contributed by atoms with Gasteiger partial charge in [0.05, 0.1) is 6.07 Å². The van der Waals surface area contributed by atoms with Gasteiger partial charge in [-0.1, -0.05) is 18.2 Å². The summed E-state index contributed by atoms with van der Waals surface area (Å²) in [5, 5.41) is 9.15. The van der Waals surface area contributed by atoms with Crippen molar-refractivity contribution in [3.8, 4) is 17.3 Å². The van der Waals surface area contributed by atoms with Gasteiger partial charge < -0.3 is 10.1 Å². The van der Waals surface area contributed by atoms with E-state index < -0.39 is 17.9 Å². The Balaban J connectivity index is 2.52. The third-order valence-corrected chi connectivity index (χ3v) is 2.14. The Morgan fingerprint density at radius 1 is 1.29 bits per heavy atom. The van der Waals surface area contributed by atoms with Crippen molar-refractivity contribution in [2.45, 2.75) is 6.43 Å². The smallest absolute Gasteiger partial charge is 0.263 e. The predicted molar refractivity (Wildman–Crippen MR) is 56.9 cm³/mol. The molecule has 0 radical (unpaired) electrons. The number of nitrogens with one attached hydrogen (secondary N) is 1. The monoisotopic (exact) mass is 238 g/mol. The number of hydrogen-bond acceptors (Lipinski definition) is 3. The van der Waals surface area contributed by atoms with E-state index in [2.05, 4.69) is 9.97 Å². The first kappa shape index (κ1) is 11.3. The number of aromatic hydroxyl groups is 1. The number of alkyl halides is 2.